The minimum Gasteiger partial charge on any atom is -0.476 e. The average Bonchev–Trinajstić information content (AvgIpc) is 2.79. The summed E-state index contributed by atoms with van der Waals surface area (Å²) >= 11 is 1.25. The van der Waals surface area contributed by atoms with Crippen LogP contribution in [-0.2, 0) is 5.75 Å². The summed E-state index contributed by atoms with van der Waals surface area (Å²) in [4.78, 5) is 11.2. The number of nitrogens with zero attached hydrogens (tertiary/aromatic N) is 1. The summed E-state index contributed by atoms with van der Waals surface area (Å²) < 4.78 is 17.8. The molecule has 94 valence electrons. The van der Waals surface area contributed by atoms with Crippen LogP contribution >= 0.6 is 11.8 Å². The lowest BCUT2D eigenvalue weighted by molar-refractivity contribution is 0.0685. The Balaban J connectivity index is 2.06. The van der Waals surface area contributed by atoms with Crippen LogP contribution in [0, 0.1) is 5.82 Å². The van der Waals surface area contributed by atoms with E-state index in [9.17, 15) is 9.18 Å². The van der Waals surface area contributed by atoms with Gasteiger partial charge in [-0.3, -0.25) is 0 Å². The Hall–Kier alpha value is -2.02. The van der Waals surface area contributed by atoms with E-state index >= 15 is 0 Å². The highest BCUT2D eigenvalue weighted by Crippen LogP contribution is 2.28. The molecule has 0 saturated heterocycles. The van der Waals surface area contributed by atoms with Crippen molar-refractivity contribution in [3.63, 3.8) is 0 Å². The fourth-order valence-electron chi connectivity index (χ4n) is 1.26. The van der Waals surface area contributed by atoms with E-state index in [1.807, 2.05) is 0 Å². The number of nitrogens with two attached hydrogens (primary N) is 1. The summed E-state index contributed by atoms with van der Waals surface area (Å²) in [7, 11) is 0. The molecule has 2 aromatic rings. The van der Waals surface area contributed by atoms with E-state index in [0.717, 1.165) is 0 Å². The highest BCUT2D eigenvalue weighted by atomic mass is 32.2. The number of aromatic carboxylic acids is 1. The van der Waals surface area contributed by atoms with Gasteiger partial charge in [0.05, 0.1) is 5.75 Å². The molecule has 0 bridgehead atoms. The maximum atomic E-state index is 13.0. The molecule has 0 amide bonds. The highest BCUT2D eigenvalue weighted by molar-refractivity contribution is 7.98. The first-order valence-electron chi connectivity index (χ1n) is 4.93. The number of hydrogen-bond donors (Lipinski definition) is 2. The van der Waals surface area contributed by atoms with Crippen LogP contribution in [0.5, 0.6) is 0 Å². The highest BCUT2D eigenvalue weighted by Gasteiger charge is 2.11. The predicted molar refractivity (Wildman–Crippen MR) is 63.8 cm³/mol. The van der Waals surface area contributed by atoms with Crippen molar-refractivity contribution in [2.75, 3.05) is 5.73 Å². The molecule has 0 saturated carbocycles. The van der Waals surface area contributed by atoms with Crippen molar-refractivity contribution in [3.05, 3.63) is 41.5 Å². The predicted octanol–water partition coefficient (Wildman–Crippen LogP) is 2.39. The topological polar surface area (TPSA) is 89.4 Å². The van der Waals surface area contributed by atoms with Gasteiger partial charge in [0, 0.05) is 16.6 Å². The van der Waals surface area contributed by atoms with Gasteiger partial charge in [0.1, 0.15) is 11.6 Å². The summed E-state index contributed by atoms with van der Waals surface area (Å²) in [6.07, 6.45) is 0. The van der Waals surface area contributed by atoms with E-state index in [1.165, 1.54) is 36.0 Å². The van der Waals surface area contributed by atoms with Gasteiger partial charge in [0.15, 0.2) is 5.69 Å². The number of carboxylic acids is 1. The largest absolute Gasteiger partial charge is 0.476 e. The van der Waals surface area contributed by atoms with Crippen LogP contribution in [0.2, 0.25) is 0 Å². The van der Waals surface area contributed by atoms with Gasteiger partial charge in [-0.25, -0.2) is 9.18 Å². The number of carbonyl (C=O) groups is 1. The van der Waals surface area contributed by atoms with Gasteiger partial charge in [-0.2, -0.15) is 0 Å². The van der Waals surface area contributed by atoms with E-state index < -0.39 is 5.97 Å². The quantitative estimate of drug-likeness (QED) is 0.653. The molecule has 1 aromatic carbocycles. The van der Waals surface area contributed by atoms with Crippen LogP contribution in [0.1, 0.15) is 16.2 Å². The Labute approximate surface area is 106 Å². The van der Waals surface area contributed by atoms with Crippen molar-refractivity contribution in [1.29, 1.82) is 0 Å². The molecule has 0 aliphatic heterocycles. The molecule has 2 rings (SSSR count). The molecule has 3 N–H and O–H groups in total. The minimum absolute atomic E-state index is 0.155. The van der Waals surface area contributed by atoms with Gasteiger partial charge >= 0.3 is 5.97 Å². The maximum absolute atomic E-state index is 13.0. The maximum Gasteiger partial charge on any atom is 0.358 e. The van der Waals surface area contributed by atoms with Crippen molar-refractivity contribution in [2.24, 2.45) is 0 Å². The van der Waals surface area contributed by atoms with Crippen LogP contribution in [0.15, 0.2) is 33.7 Å². The SMILES string of the molecule is Nc1ccc(F)cc1SCc1cc(C(=O)O)no1. The summed E-state index contributed by atoms with van der Waals surface area (Å²) in [6, 6.07) is 5.39. The molecule has 5 nitrogen and oxygen atoms in total. The average molecular weight is 268 g/mol. The molecule has 0 spiro atoms. The van der Waals surface area contributed by atoms with E-state index in [4.69, 9.17) is 15.4 Å². The van der Waals surface area contributed by atoms with Crippen molar-refractivity contribution >= 4 is 23.4 Å². The van der Waals surface area contributed by atoms with E-state index in [1.54, 1.807) is 0 Å². The molecule has 1 aromatic heterocycles. The van der Waals surface area contributed by atoms with Crippen molar-refractivity contribution in [1.82, 2.24) is 5.16 Å². The molecular weight excluding hydrogens is 259 g/mol. The van der Waals surface area contributed by atoms with Gasteiger partial charge in [0.25, 0.3) is 0 Å². The van der Waals surface area contributed by atoms with Crippen molar-refractivity contribution in [3.8, 4) is 0 Å². The number of nitrogen functional groups attached to an aromatic ring is 1. The monoisotopic (exact) mass is 268 g/mol. The number of hydrogen-bond acceptors (Lipinski definition) is 5. The molecule has 7 heteroatoms. The van der Waals surface area contributed by atoms with Crippen LogP contribution in [0.4, 0.5) is 10.1 Å². The number of thioether (sulfide) groups is 1. The number of rotatable bonds is 4. The summed E-state index contributed by atoms with van der Waals surface area (Å²) in [6.45, 7) is 0. The van der Waals surface area contributed by atoms with Crippen LogP contribution in [-0.4, -0.2) is 16.2 Å². The molecular formula is C11H9FN2O3S. The number of anilines is 1. The molecule has 0 unspecified atom stereocenters. The molecule has 18 heavy (non-hydrogen) atoms. The smallest absolute Gasteiger partial charge is 0.358 e. The molecule has 1 heterocycles. The van der Waals surface area contributed by atoms with Crippen molar-refractivity contribution in [2.45, 2.75) is 10.6 Å². The Morgan fingerprint density at radius 2 is 2.28 bits per heavy atom. The lowest BCUT2D eigenvalue weighted by Gasteiger charge is -2.03. The summed E-state index contributed by atoms with van der Waals surface area (Å²) in [5.74, 6) is -0.815. The normalized spacial score (nSPS) is 10.5. The van der Waals surface area contributed by atoms with Gasteiger partial charge < -0.3 is 15.4 Å². The third-order valence-electron chi connectivity index (χ3n) is 2.12. The fraction of sp³-hybridized carbons (Fsp3) is 0.0909. The molecule has 0 atom stereocenters. The van der Waals surface area contributed by atoms with E-state index in [0.29, 0.717) is 22.1 Å². The van der Waals surface area contributed by atoms with E-state index in [-0.39, 0.29) is 11.5 Å². The summed E-state index contributed by atoms with van der Waals surface area (Å²) in [5.41, 5.74) is 5.98. The lowest BCUT2D eigenvalue weighted by Crippen LogP contribution is -1.94. The van der Waals surface area contributed by atoms with Crippen LogP contribution in [0.25, 0.3) is 0 Å². The third-order valence-corrected chi connectivity index (χ3v) is 3.22. The van der Waals surface area contributed by atoms with Gasteiger partial charge in [-0.05, 0) is 18.2 Å². The first kappa shape index (κ1) is 12.4. The van der Waals surface area contributed by atoms with Crippen molar-refractivity contribution < 1.29 is 18.8 Å². The van der Waals surface area contributed by atoms with Gasteiger partial charge in [-0.15, -0.1) is 11.8 Å². The minimum atomic E-state index is -1.15. The van der Waals surface area contributed by atoms with Crippen LogP contribution < -0.4 is 5.73 Å². The Morgan fingerprint density at radius 1 is 1.50 bits per heavy atom. The first-order chi connectivity index (χ1) is 8.56. The Morgan fingerprint density at radius 3 is 2.94 bits per heavy atom. The third kappa shape index (κ3) is 2.80. The number of benzene rings is 1. The Bertz CT molecular complexity index is 585. The first-order valence-corrected chi connectivity index (χ1v) is 5.91. The molecule has 0 fully saturated rings. The van der Waals surface area contributed by atoms with Gasteiger partial charge in [0.2, 0.25) is 0 Å². The standard InChI is InChI=1S/C11H9FN2O3S/c12-6-1-2-8(13)10(3-6)18-5-7-4-9(11(15)16)14-17-7/h1-4H,5,13H2,(H,15,16). The Kier molecular flexibility index (Phi) is 3.52. The molecule has 0 aliphatic rings. The van der Waals surface area contributed by atoms with Crippen LogP contribution in [0.3, 0.4) is 0 Å². The number of carboxylic acid groups (broad SMARTS) is 1. The number of halogens is 1. The zero-order valence-electron chi connectivity index (χ0n) is 9.09. The fourth-order valence-corrected chi connectivity index (χ4v) is 2.13. The molecule has 0 radical (unpaired) electrons. The zero-order valence-corrected chi connectivity index (χ0v) is 9.91. The second kappa shape index (κ2) is 5.09. The zero-order chi connectivity index (χ0) is 13.1. The van der Waals surface area contributed by atoms with E-state index in [2.05, 4.69) is 5.16 Å². The summed E-state index contributed by atoms with van der Waals surface area (Å²) in [5, 5.41) is 12.0. The number of aromatic nitrogens is 1. The second-order valence-electron chi connectivity index (χ2n) is 3.45. The lowest BCUT2D eigenvalue weighted by atomic mass is 10.3. The van der Waals surface area contributed by atoms with Gasteiger partial charge in [-0.1, -0.05) is 5.16 Å². The molecule has 0 aliphatic carbocycles. The second-order valence-corrected chi connectivity index (χ2v) is 4.47.